The number of hydrogen-bond donors (Lipinski definition) is 0. The number of hydrogen-bond acceptors (Lipinski definition) is 3. The Morgan fingerprint density at radius 2 is 1.50 bits per heavy atom. The lowest BCUT2D eigenvalue weighted by atomic mass is 10.0. The molecule has 24 heavy (non-hydrogen) atoms. The highest BCUT2D eigenvalue weighted by atomic mass is 16.2. The molecule has 0 unspecified atom stereocenters. The summed E-state index contributed by atoms with van der Waals surface area (Å²) >= 11 is 0. The molecule has 3 rings (SSSR count). The molecule has 2 aliphatic rings. The number of piperidine rings is 2. The minimum Gasteiger partial charge on any atom is -0.336 e. The van der Waals surface area contributed by atoms with Crippen molar-refractivity contribution in [3.05, 3.63) is 17.5 Å². The third-order valence-electron chi connectivity index (χ3n) is 5.39. The van der Waals surface area contributed by atoms with Crippen molar-refractivity contribution in [2.24, 2.45) is 7.05 Å². The summed E-state index contributed by atoms with van der Waals surface area (Å²) < 4.78 is 1.59. The van der Waals surface area contributed by atoms with E-state index in [1.807, 2.05) is 9.80 Å². The van der Waals surface area contributed by atoms with Gasteiger partial charge in [0.1, 0.15) is 0 Å². The van der Waals surface area contributed by atoms with Gasteiger partial charge in [-0.2, -0.15) is 5.10 Å². The molecule has 2 fully saturated rings. The first-order chi connectivity index (χ1) is 11.5. The lowest BCUT2D eigenvalue weighted by Gasteiger charge is -2.34. The zero-order chi connectivity index (χ0) is 17.3. The molecule has 2 aliphatic heterocycles. The Kier molecular flexibility index (Phi) is 4.92. The van der Waals surface area contributed by atoms with Crippen LogP contribution in [0.3, 0.4) is 0 Å². The SMILES string of the molecule is C[C@@H]1CCCCN1C(=O)c1cn(C)nc1C(=O)N1CCCC[C@@H]1C. The molecule has 0 saturated carbocycles. The van der Waals surface area contributed by atoms with E-state index in [-0.39, 0.29) is 23.9 Å². The summed E-state index contributed by atoms with van der Waals surface area (Å²) in [4.78, 5) is 29.8. The van der Waals surface area contributed by atoms with E-state index in [2.05, 4.69) is 18.9 Å². The fourth-order valence-electron chi connectivity index (χ4n) is 3.89. The molecule has 3 heterocycles. The highest BCUT2D eigenvalue weighted by molar-refractivity contribution is 6.06. The Hall–Kier alpha value is -1.85. The van der Waals surface area contributed by atoms with E-state index >= 15 is 0 Å². The third kappa shape index (κ3) is 3.19. The molecule has 6 nitrogen and oxygen atoms in total. The number of aryl methyl sites for hydroxylation is 1. The van der Waals surface area contributed by atoms with Gasteiger partial charge in [0.15, 0.2) is 5.69 Å². The van der Waals surface area contributed by atoms with E-state index in [0.717, 1.165) is 51.6 Å². The number of nitrogens with zero attached hydrogens (tertiary/aromatic N) is 4. The summed E-state index contributed by atoms with van der Waals surface area (Å²) in [6, 6.07) is 0.438. The van der Waals surface area contributed by atoms with E-state index in [4.69, 9.17) is 0 Å². The molecule has 0 aromatic carbocycles. The number of amides is 2. The molecule has 2 amide bonds. The van der Waals surface area contributed by atoms with Crippen LogP contribution in [0.4, 0.5) is 0 Å². The number of aromatic nitrogens is 2. The second-order valence-electron chi connectivity index (χ2n) is 7.25. The number of rotatable bonds is 2. The molecule has 132 valence electrons. The average molecular weight is 332 g/mol. The summed E-state index contributed by atoms with van der Waals surface area (Å²) in [5.41, 5.74) is 0.767. The van der Waals surface area contributed by atoms with Gasteiger partial charge in [-0.3, -0.25) is 14.3 Å². The van der Waals surface area contributed by atoms with E-state index in [1.165, 1.54) is 0 Å². The normalized spacial score (nSPS) is 25.0. The van der Waals surface area contributed by atoms with Gasteiger partial charge in [0.05, 0.1) is 5.56 Å². The van der Waals surface area contributed by atoms with Crippen LogP contribution in [0.2, 0.25) is 0 Å². The van der Waals surface area contributed by atoms with E-state index in [1.54, 1.807) is 17.9 Å². The van der Waals surface area contributed by atoms with Gasteiger partial charge in [-0.1, -0.05) is 0 Å². The van der Waals surface area contributed by atoms with Crippen molar-refractivity contribution in [1.82, 2.24) is 19.6 Å². The average Bonchev–Trinajstić information content (AvgIpc) is 2.96. The van der Waals surface area contributed by atoms with Crippen molar-refractivity contribution in [2.45, 2.75) is 64.5 Å². The second kappa shape index (κ2) is 6.95. The van der Waals surface area contributed by atoms with Gasteiger partial charge in [0, 0.05) is 38.4 Å². The van der Waals surface area contributed by atoms with Crippen LogP contribution in [0.1, 0.15) is 73.2 Å². The van der Waals surface area contributed by atoms with Gasteiger partial charge >= 0.3 is 0 Å². The van der Waals surface area contributed by atoms with Crippen LogP contribution in [0, 0.1) is 0 Å². The monoisotopic (exact) mass is 332 g/mol. The molecular formula is C18H28N4O2. The van der Waals surface area contributed by atoms with Crippen LogP contribution >= 0.6 is 0 Å². The molecule has 1 aromatic rings. The predicted octanol–water partition coefficient (Wildman–Crippen LogP) is 2.45. The highest BCUT2D eigenvalue weighted by Crippen LogP contribution is 2.23. The Morgan fingerprint density at radius 3 is 2.04 bits per heavy atom. The highest BCUT2D eigenvalue weighted by Gasteiger charge is 2.33. The van der Waals surface area contributed by atoms with Gasteiger partial charge in [-0.15, -0.1) is 0 Å². The maximum atomic E-state index is 13.0. The first kappa shape index (κ1) is 17.0. The van der Waals surface area contributed by atoms with E-state index in [0.29, 0.717) is 11.3 Å². The Balaban J connectivity index is 1.87. The number of likely N-dealkylation sites (tertiary alicyclic amines) is 2. The maximum Gasteiger partial charge on any atom is 0.275 e. The molecule has 2 atom stereocenters. The van der Waals surface area contributed by atoms with Crippen LogP contribution in [0.15, 0.2) is 6.20 Å². The minimum atomic E-state index is -0.101. The van der Waals surface area contributed by atoms with Crippen molar-refractivity contribution in [3.8, 4) is 0 Å². The Bertz CT molecular complexity index is 573. The Labute approximate surface area is 143 Å². The largest absolute Gasteiger partial charge is 0.336 e. The maximum absolute atomic E-state index is 13.0. The van der Waals surface area contributed by atoms with Crippen molar-refractivity contribution >= 4 is 11.8 Å². The van der Waals surface area contributed by atoms with Crippen LogP contribution < -0.4 is 0 Å². The molecule has 0 aliphatic carbocycles. The van der Waals surface area contributed by atoms with Crippen molar-refractivity contribution in [3.63, 3.8) is 0 Å². The van der Waals surface area contributed by atoms with Gasteiger partial charge in [-0.05, 0) is 52.4 Å². The number of carbonyl (C=O) groups excluding carboxylic acids is 2. The lowest BCUT2D eigenvalue weighted by Crippen LogP contribution is -2.44. The molecular weight excluding hydrogens is 304 g/mol. The first-order valence-corrected chi connectivity index (χ1v) is 9.14. The molecule has 0 bridgehead atoms. The van der Waals surface area contributed by atoms with E-state index < -0.39 is 0 Å². The zero-order valence-corrected chi connectivity index (χ0v) is 15.0. The minimum absolute atomic E-state index is 0.0525. The lowest BCUT2D eigenvalue weighted by molar-refractivity contribution is 0.0591. The van der Waals surface area contributed by atoms with E-state index in [9.17, 15) is 9.59 Å². The van der Waals surface area contributed by atoms with Crippen LogP contribution in [-0.4, -0.2) is 56.6 Å². The summed E-state index contributed by atoms with van der Waals surface area (Å²) in [6.45, 7) is 5.68. The fraction of sp³-hybridized carbons (Fsp3) is 0.722. The van der Waals surface area contributed by atoms with Crippen LogP contribution in [0.5, 0.6) is 0 Å². The molecule has 6 heteroatoms. The third-order valence-corrected chi connectivity index (χ3v) is 5.39. The van der Waals surface area contributed by atoms with Gasteiger partial charge in [-0.25, -0.2) is 0 Å². The van der Waals surface area contributed by atoms with Crippen LogP contribution in [-0.2, 0) is 7.05 Å². The van der Waals surface area contributed by atoms with Gasteiger partial charge < -0.3 is 9.80 Å². The standard InChI is InChI=1S/C18H28N4O2/c1-13-8-4-6-10-21(13)17(23)15-12-20(3)19-16(15)18(24)22-11-7-5-9-14(22)2/h12-14H,4-11H2,1-3H3/t13-,14+/m1/s1. The topological polar surface area (TPSA) is 58.4 Å². The fourth-order valence-corrected chi connectivity index (χ4v) is 3.89. The number of carbonyl (C=O) groups is 2. The van der Waals surface area contributed by atoms with Crippen molar-refractivity contribution in [2.75, 3.05) is 13.1 Å². The van der Waals surface area contributed by atoms with Crippen molar-refractivity contribution < 1.29 is 9.59 Å². The summed E-state index contributed by atoms with van der Waals surface area (Å²) in [6.07, 6.45) is 8.12. The molecule has 0 radical (unpaired) electrons. The molecule has 2 saturated heterocycles. The predicted molar refractivity (Wildman–Crippen MR) is 91.9 cm³/mol. The second-order valence-corrected chi connectivity index (χ2v) is 7.25. The molecule has 1 aromatic heterocycles. The summed E-state index contributed by atoms with van der Waals surface area (Å²) in [7, 11) is 1.77. The van der Waals surface area contributed by atoms with Gasteiger partial charge in [0.25, 0.3) is 11.8 Å². The Morgan fingerprint density at radius 1 is 0.958 bits per heavy atom. The quantitative estimate of drug-likeness (QED) is 0.836. The smallest absolute Gasteiger partial charge is 0.275 e. The van der Waals surface area contributed by atoms with Crippen molar-refractivity contribution in [1.29, 1.82) is 0 Å². The molecule has 0 N–H and O–H groups in total. The summed E-state index contributed by atoms with van der Waals surface area (Å²) in [5, 5.41) is 4.34. The van der Waals surface area contributed by atoms with Gasteiger partial charge in [0.2, 0.25) is 0 Å². The first-order valence-electron chi connectivity index (χ1n) is 9.14. The molecule has 0 spiro atoms. The zero-order valence-electron chi connectivity index (χ0n) is 15.0. The van der Waals surface area contributed by atoms with Crippen LogP contribution in [0.25, 0.3) is 0 Å². The summed E-state index contributed by atoms with van der Waals surface area (Å²) in [5.74, 6) is -0.154.